The lowest BCUT2D eigenvalue weighted by atomic mass is 10.0. The van der Waals surface area contributed by atoms with Crippen LogP contribution in [0.2, 0.25) is 0 Å². The Labute approximate surface area is 183 Å². The molecule has 0 bridgehead atoms. The summed E-state index contributed by atoms with van der Waals surface area (Å²) in [5, 5.41) is 3.32. The molecule has 0 aromatic carbocycles. The van der Waals surface area contributed by atoms with Crippen molar-refractivity contribution in [2.45, 2.75) is 25.4 Å². The Hall–Kier alpha value is -2.10. The molecule has 0 fully saturated rings. The number of anilines is 2. The second-order valence-corrected chi connectivity index (χ2v) is 7.47. The molecule has 1 amide bonds. The van der Waals surface area contributed by atoms with Crippen LogP contribution >= 0.6 is 24.8 Å². The zero-order chi connectivity index (χ0) is 19.1. The van der Waals surface area contributed by atoms with Crippen molar-refractivity contribution in [3.63, 3.8) is 0 Å². The first-order valence-electron chi connectivity index (χ1n) is 9.24. The molecule has 2 N–H and O–H groups in total. The number of H-pyrrole nitrogens is 1. The molecule has 2 aromatic rings. The summed E-state index contributed by atoms with van der Waals surface area (Å²) in [5.41, 5.74) is 3.93. The van der Waals surface area contributed by atoms with E-state index in [2.05, 4.69) is 20.3 Å². The van der Waals surface area contributed by atoms with Crippen molar-refractivity contribution in [1.29, 1.82) is 0 Å². The number of hydrogen-bond acceptors (Lipinski definition) is 7. The molecule has 160 valence electrons. The van der Waals surface area contributed by atoms with Gasteiger partial charge in [-0.25, -0.2) is 9.97 Å². The molecule has 4 rings (SSSR count). The predicted molar refractivity (Wildman–Crippen MR) is 117 cm³/mol. The summed E-state index contributed by atoms with van der Waals surface area (Å²) in [6.45, 7) is 1.93. The van der Waals surface area contributed by atoms with E-state index in [1.165, 1.54) is 0 Å². The van der Waals surface area contributed by atoms with Gasteiger partial charge in [0.2, 0.25) is 11.9 Å². The van der Waals surface area contributed by atoms with Crippen molar-refractivity contribution in [2.24, 2.45) is 0 Å². The predicted octanol–water partition coefficient (Wildman–Crippen LogP) is 0.947. The molecule has 0 spiro atoms. The Kier molecular flexibility index (Phi) is 7.31. The number of nitrogens with zero attached hydrogens (tertiary/aromatic N) is 6. The SMILES string of the molecule is CN(C)c1nc2c(c(N(C)C)n1)CCN(C(=O)C1NCCc3[nH]cnc31)C2.Cl.Cl. The van der Waals surface area contributed by atoms with E-state index in [9.17, 15) is 4.79 Å². The third kappa shape index (κ3) is 4.26. The second-order valence-electron chi connectivity index (χ2n) is 7.47. The number of nitrogens with one attached hydrogen (secondary N) is 2. The summed E-state index contributed by atoms with van der Waals surface area (Å²) in [6, 6.07) is -0.384. The van der Waals surface area contributed by atoms with Gasteiger partial charge in [-0.15, -0.1) is 24.8 Å². The molecule has 1 atom stereocenters. The van der Waals surface area contributed by atoms with Gasteiger partial charge in [-0.3, -0.25) is 4.79 Å². The third-order valence-electron chi connectivity index (χ3n) is 5.16. The van der Waals surface area contributed by atoms with Crippen molar-refractivity contribution in [1.82, 2.24) is 30.2 Å². The van der Waals surface area contributed by atoms with Crippen LogP contribution < -0.4 is 15.1 Å². The van der Waals surface area contributed by atoms with Crippen LogP contribution in [0.25, 0.3) is 0 Å². The lowest BCUT2D eigenvalue weighted by molar-refractivity contribution is -0.134. The first kappa shape index (κ1) is 23.2. The van der Waals surface area contributed by atoms with Crippen LogP contribution in [-0.2, 0) is 24.2 Å². The first-order chi connectivity index (χ1) is 13.0. The molecule has 29 heavy (non-hydrogen) atoms. The number of aromatic nitrogens is 4. The fourth-order valence-electron chi connectivity index (χ4n) is 3.76. The highest BCUT2D eigenvalue weighted by Crippen LogP contribution is 2.29. The zero-order valence-corrected chi connectivity index (χ0v) is 18.7. The largest absolute Gasteiger partial charge is 0.362 e. The fraction of sp³-hybridized carbons (Fsp3) is 0.556. The van der Waals surface area contributed by atoms with Gasteiger partial charge in [0.1, 0.15) is 11.9 Å². The van der Waals surface area contributed by atoms with E-state index in [1.807, 2.05) is 42.9 Å². The van der Waals surface area contributed by atoms with Crippen molar-refractivity contribution in [3.05, 3.63) is 29.0 Å². The van der Waals surface area contributed by atoms with E-state index in [4.69, 9.17) is 4.98 Å². The minimum atomic E-state index is -0.384. The smallest absolute Gasteiger partial charge is 0.246 e. The van der Waals surface area contributed by atoms with Gasteiger partial charge in [0.25, 0.3) is 0 Å². The summed E-state index contributed by atoms with van der Waals surface area (Å²) in [7, 11) is 7.84. The number of amides is 1. The van der Waals surface area contributed by atoms with Gasteiger partial charge in [-0.2, -0.15) is 4.98 Å². The quantitative estimate of drug-likeness (QED) is 0.730. The maximum absolute atomic E-state index is 13.2. The van der Waals surface area contributed by atoms with E-state index < -0.39 is 0 Å². The molecule has 0 saturated carbocycles. The highest BCUT2D eigenvalue weighted by Gasteiger charge is 2.34. The molecule has 0 saturated heterocycles. The summed E-state index contributed by atoms with van der Waals surface area (Å²) in [5.74, 6) is 1.66. The van der Waals surface area contributed by atoms with Crippen molar-refractivity contribution in [3.8, 4) is 0 Å². The van der Waals surface area contributed by atoms with Gasteiger partial charge in [0.15, 0.2) is 0 Å². The highest BCUT2D eigenvalue weighted by atomic mass is 35.5. The van der Waals surface area contributed by atoms with Gasteiger partial charge in [0.05, 0.1) is 24.3 Å². The molecule has 11 heteroatoms. The number of carbonyl (C=O) groups excluding carboxylic acids is 1. The van der Waals surface area contributed by atoms with E-state index in [0.717, 1.165) is 47.8 Å². The maximum Gasteiger partial charge on any atom is 0.246 e. The molecule has 0 radical (unpaired) electrons. The molecule has 2 aliphatic heterocycles. The van der Waals surface area contributed by atoms with Crippen LogP contribution in [0.15, 0.2) is 6.33 Å². The van der Waals surface area contributed by atoms with Crippen LogP contribution in [0.3, 0.4) is 0 Å². The average molecular weight is 443 g/mol. The lowest BCUT2D eigenvalue weighted by Gasteiger charge is -2.34. The summed E-state index contributed by atoms with van der Waals surface area (Å²) in [4.78, 5) is 35.9. The van der Waals surface area contributed by atoms with Crippen LogP contribution in [0.4, 0.5) is 11.8 Å². The molecule has 0 aliphatic carbocycles. The molecule has 2 aromatic heterocycles. The van der Waals surface area contributed by atoms with E-state index >= 15 is 0 Å². The Bertz CT molecular complexity index is 870. The number of imidazole rings is 1. The van der Waals surface area contributed by atoms with Crippen LogP contribution in [0.5, 0.6) is 0 Å². The second kappa shape index (κ2) is 9.15. The topological polar surface area (TPSA) is 93.3 Å². The van der Waals surface area contributed by atoms with E-state index in [0.29, 0.717) is 19.0 Å². The monoisotopic (exact) mass is 442 g/mol. The number of carbonyl (C=O) groups is 1. The van der Waals surface area contributed by atoms with Gasteiger partial charge in [0, 0.05) is 59.0 Å². The van der Waals surface area contributed by atoms with Gasteiger partial charge in [-0.1, -0.05) is 0 Å². The minimum absolute atomic E-state index is 0. The number of halogens is 2. The Morgan fingerprint density at radius 3 is 2.59 bits per heavy atom. The molecule has 2 aliphatic rings. The van der Waals surface area contributed by atoms with Crippen LogP contribution in [-0.4, -0.2) is 72.0 Å². The first-order valence-corrected chi connectivity index (χ1v) is 9.24. The number of rotatable bonds is 3. The summed E-state index contributed by atoms with van der Waals surface area (Å²) >= 11 is 0. The highest BCUT2D eigenvalue weighted by molar-refractivity contribution is 5.85. The van der Waals surface area contributed by atoms with Gasteiger partial charge in [-0.05, 0) is 6.42 Å². The van der Waals surface area contributed by atoms with E-state index in [-0.39, 0.29) is 36.8 Å². The fourth-order valence-corrected chi connectivity index (χ4v) is 3.76. The van der Waals surface area contributed by atoms with Crippen LogP contribution in [0, 0.1) is 0 Å². The number of aromatic amines is 1. The number of hydrogen-bond donors (Lipinski definition) is 2. The molecule has 9 nitrogen and oxygen atoms in total. The van der Waals surface area contributed by atoms with Crippen LogP contribution in [0.1, 0.15) is 28.7 Å². The van der Waals surface area contributed by atoms with Crippen molar-refractivity contribution < 1.29 is 4.79 Å². The Morgan fingerprint density at radius 1 is 1.14 bits per heavy atom. The molecule has 1 unspecified atom stereocenters. The average Bonchev–Trinajstić information content (AvgIpc) is 3.14. The Balaban J connectivity index is 0.00000150. The van der Waals surface area contributed by atoms with Gasteiger partial charge < -0.3 is 25.0 Å². The summed E-state index contributed by atoms with van der Waals surface area (Å²) in [6.07, 6.45) is 3.29. The maximum atomic E-state index is 13.2. The zero-order valence-electron chi connectivity index (χ0n) is 17.1. The van der Waals surface area contributed by atoms with Crippen molar-refractivity contribution >= 4 is 42.5 Å². The third-order valence-corrected chi connectivity index (χ3v) is 5.16. The molecule has 4 heterocycles. The standard InChI is InChI=1S/C18H26N8O.2ClH/c1-24(2)16-11-6-8-26(9-13(11)22-18(23-16)25(3)4)17(27)15-14-12(5-7-19-15)20-10-21-14;;/h10,15,19H,5-9H2,1-4H3,(H,20,21);2*1H. The minimum Gasteiger partial charge on any atom is -0.362 e. The van der Waals surface area contributed by atoms with Crippen molar-refractivity contribution in [2.75, 3.05) is 51.1 Å². The number of fused-ring (bicyclic) bond motifs is 2. The molecular formula is C18H28Cl2N8O. The normalized spacial score (nSPS) is 17.4. The molecular weight excluding hydrogens is 415 g/mol. The summed E-state index contributed by atoms with van der Waals surface area (Å²) < 4.78 is 0. The van der Waals surface area contributed by atoms with Gasteiger partial charge >= 0.3 is 0 Å². The Morgan fingerprint density at radius 2 is 1.90 bits per heavy atom. The van der Waals surface area contributed by atoms with E-state index in [1.54, 1.807) is 6.33 Å². The lowest BCUT2D eigenvalue weighted by Crippen LogP contribution is -2.46.